The number of rotatable bonds is 3. The fourth-order valence-corrected chi connectivity index (χ4v) is 4.62. The predicted octanol–water partition coefficient (Wildman–Crippen LogP) is 2.58. The number of nitrogens with one attached hydrogen (secondary N) is 1. The zero-order chi connectivity index (χ0) is 17.9. The zero-order valence-corrected chi connectivity index (χ0v) is 15.6. The van der Waals surface area contributed by atoms with Crippen molar-refractivity contribution < 1.29 is 9.59 Å². The summed E-state index contributed by atoms with van der Waals surface area (Å²) in [7, 11) is 0. The Labute approximate surface area is 157 Å². The predicted molar refractivity (Wildman–Crippen MR) is 102 cm³/mol. The van der Waals surface area contributed by atoms with Crippen LogP contribution in [0.25, 0.3) is 0 Å². The number of aromatic nitrogens is 1. The van der Waals surface area contributed by atoms with E-state index in [4.69, 9.17) is 0 Å². The topological polar surface area (TPSA) is 56.4 Å². The highest BCUT2D eigenvalue weighted by molar-refractivity contribution is 7.99. The van der Waals surface area contributed by atoms with Crippen molar-refractivity contribution in [2.45, 2.75) is 24.2 Å². The van der Waals surface area contributed by atoms with E-state index < -0.39 is 0 Å². The molecular formula is C20H23N3O2S. The first-order chi connectivity index (χ1) is 12.7. The summed E-state index contributed by atoms with van der Waals surface area (Å²) in [6, 6.07) is 10.1. The molecule has 1 saturated heterocycles. The standard InChI is InChI=1S/C20H23N3O2S/c24-19(14-15-5-6-18-16(13-15)3-2-12-26-18)22-8-10-23(11-9-22)20(25)17-4-1-7-21-17/h1,4-7,13,21H,2-3,8-12,14H2. The first kappa shape index (κ1) is 17.2. The highest BCUT2D eigenvalue weighted by atomic mass is 32.2. The Bertz CT molecular complexity index is 795. The second-order valence-corrected chi connectivity index (χ2v) is 7.96. The molecule has 5 nitrogen and oxygen atoms in total. The van der Waals surface area contributed by atoms with Crippen LogP contribution < -0.4 is 0 Å². The molecule has 0 unspecified atom stereocenters. The fourth-order valence-electron chi connectivity index (χ4n) is 3.60. The molecule has 1 N–H and O–H groups in total. The number of carbonyl (C=O) groups excluding carboxylic acids is 2. The molecule has 0 radical (unpaired) electrons. The van der Waals surface area contributed by atoms with Crippen LogP contribution in [0.2, 0.25) is 0 Å². The number of nitrogens with zero attached hydrogens (tertiary/aromatic N) is 2. The molecule has 1 aromatic heterocycles. The van der Waals surface area contributed by atoms with Crippen molar-refractivity contribution in [2.24, 2.45) is 0 Å². The molecule has 3 heterocycles. The van der Waals surface area contributed by atoms with Crippen molar-refractivity contribution in [3.8, 4) is 0 Å². The molecule has 6 heteroatoms. The smallest absolute Gasteiger partial charge is 0.270 e. The van der Waals surface area contributed by atoms with Crippen LogP contribution in [0.5, 0.6) is 0 Å². The van der Waals surface area contributed by atoms with Crippen molar-refractivity contribution in [3.63, 3.8) is 0 Å². The first-order valence-electron chi connectivity index (χ1n) is 9.16. The van der Waals surface area contributed by atoms with Crippen molar-refractivity contribution >= 4 is 23.6 Å². The van der Waals surface area contributed by atoms with Crippen molar-refractivity contribution in [1.82, 2.24) is 14.8 Å². The number of amides is 2. The Balaban J connectivity index is 1.33. The molecule has 4 rings (SSSR count). The van der Waals surface area contributed by atoms with Crippen LogP contribution in [0.4, 0.5) is 0 Å². The average Bonchev–Trinajstić information content (AvgIpc) is 3.22. The van der Waals surface area contributed by atoms with Crippen molar-refractivity contribution in [1.29, 1.82) is 0 Å². The quantitative estimate of drug-likeness (QED) is 0.905. The van der Waals surface area contributed by atoms with Gasteiger partial charge in [-0.25, -0.2) is 0 Å². The Morgan fingerprint density at radius 1 is 1.08 bits per heavy atom. The minimum absolute atomic E-state index is 0.00860. The van der Waals surface area contributed by atoms with Gasteiger partial charge in [0.2, 0.25) is 5.91 Å². The number of aromatic amines is 1. The molecule has 2 amide bonds. The summed E-state index contributed by atoms with van der Waals surface area (Å²) in [5.41, 5.74) is 3.09. The van der Waals surface area contributed by atoms with Crippen LogP contribution in [-0.4, -0.2) is 58.5 Å². The van der Waals surface area contributed by atoms with Gasteiger partial charge in [0.05, 0.1) is 6.42 Å². The molecule has 136 valence electrons. The van der Waals surface area contributed by atoms with E-state index in [-0.39, 0.29) is 11.8 Å². The lowest BCUT2D eigenvalue weighted by atomic mass is 10.0. The lowest BCUT2D eigenvalue weighted by Gasteiger charge is -2.34. The van der Waals surface area contributed by atoms with E-state index in [9.17, 15) is 9.59 Å². The van der Waals surface area contributed by atoms with E-state index in [1.807, 2.05) is 27.6 Å². The number of benzene rings is 1. The van der Waals surface area contributed by atoms with Crippen LogP contribution in [0, 0.1) is 0 Å². The summed E-state index contributed by atoms with van der Waals surface area (Å²) in [6.45, 7) is 2.38. The molecule has 2 aliphatic heterocycles. The van der Waals surface area contributed by atoms with Gasteiger partial charge in [0.25, 0.3) is 5.91 Å². The molecular weight excluding hydrogens is 346 g/mol. The summed E-state index contributed by atoms with van der Waals surface area (Å²) in [6.07, 6.45) is 4.53. The third kappa shape index (κ3) is 3.65. The van der Waals surface area contributed by atoms with Gasteiger partial charge in [-0.05, 0) is 47.9 Å². The van der Waals surface area contributed by atoms with Crippen molar-refractivity contribution in [3.05, 3.63) is 53.3 Å². The normalized spacial score (nSPS) is 17.1. The van der Waals surface area contributed by atoms with E-state index in [0.29, 0.717) is 38.3 Å². The third-order valence-electron chi connectivity index (χ3n) is 5.08. The van der Waals surface area contributed by atoms with Gasteiger partial charge >= 0.3 is 0 Å². The number of hydrogen-bond acceptors (Lipinski definition) is 3. The maximum Gasteiger partial charge on any atom is 0.270 e. The molecule has 0 spiro atoms. The SMILES string of the molecule is O=C(Cc1ccc2c(c1)CCCS2)N1CCN(C(=O)c2ccc[nH]2)CC1. The van der Waals surface area contributed by atoms with Crippen LogP contribution in [0.15, 0.2) is 41.4 Å². The van der Waals surface area contributed by atoms with Gasteiger partial charge in [0, 0.05) is 37.3 Å². The van der Waals surface area contributed by atoms with E-state index in [2.05, 4.69) is 23.2 Å². The number of hydrogen-bond donors (Lipinski definition) is 1. The first-order valence-corrected chi connectivity index (χ1v) is 10.1. The monoisotopic (exact) mass is 369 g/mol. The van der Waals surface area contributed by atoms with Crippen LogP contribution >= 0.6 is 11.8 Å². The summed E-state index contributed by atoms with van der Waals surface area (Å²) >= 11 is 1.91. The van der Waals surface area contributed by atoms with Gasteiger partial charge in [0.1, 0.15) is 5.69 Å². The van der Waals surface area contributed by atoms with Gasteiger partial charge in [0.15, 0.2) is 0 Å². The lowest BCUT2D eigenvalue weighted by molar-refractivity contribution is -0.131. The van der Waals surface area contributed by atoms with Gasteiger partial charge in [-0.2, -0.15) is 0 Å². The largest absolute Gasteiger partial charge is 0.357 e. The minimum Gasteiger partial charge on any atom is -0.357 e. The number of piperazine rings is 1. The average molecular weight is 369 g/mol. The molecule has 2 aliphatic rings. The Hall–Kier alpha value is -2.21. The number of thioether (sulfide) groups is 1. The number of fused-ring (bicyclic) bond motifs is 1. The van der Waals surface area contributed by atoms with E-state index in [0.717, 1.165) is 12.0 Å². The summed E-state index contributed by atoms with van der Waals surface area (Å²) in [5.74, 6) is 1.35. The maximum absolute atomic E-state index is 12.7. The molecule has 1 aromatic carbocycles. The summed E-state index contributed by atoms with van der Waals surface area (Å²) in [4.78, 5) is 33.0. The Morgan fingerprint density at radius 3 is 2.65 bits per heavy atom. The van der Waals surface area contributed by atoms with Gasteiger partial charge in [-0.3, -0.25) is 9.59 Å². The van der Waals surface area contributed by atoms with Gasteiger partial charge in [-0.1, -0.05) is 12.1 Å². The van der Waals surface area contributed by atoms with Crippen LogP contribution in [0.3, 0.4) is 0 Å². The van der Waals surface area contributed by atoms with Crippen molar-refractivity contribution in [2.75, 3.05) is 31.9 Å². The summed E-state index contributed by atoms with van der Waals surface area (Å²) in [5, 5.41) is 0. The van der Waals surface area contributed by atoms with Gasteiger partial charge < -0.3 is 14.8 Å². The van der Waals surface area contributed by atoms with E-state index in [1.165, 1.54) is 22.6 Å². The van der Waals surface area contributed by atoms with E-state index >= 15 is 0 Å². The zero-order valence-electron chi connectivity index (χ0n) is 14.7. The van der Waals surface area contributed by atoms with Gasteiger partial charge in [-0.15, -0.1) is 11.8 Å². The highest BCUT2D eigenvalue weighted by Crippen LogP contribution is 2.30. The fraction of sp³-hybridized carbons (Fsp3) is 0.400. The molecule has 0 saturated carbocycles. The molecule has 2 aromatic rings. The molecule has 0 bridgehead atoms. The highest BCUT2D eigenvalue weighted by Gasteiger charge is 2.25. The molecule has 26 heavy (non-hydrogen) atoms. The Morgan fingerprint density at radius 2 is 1.88 bits per heavy atom. The molecule has 0 atom stereocenters. The second kappa shape index (κ2) is 7.58. The lowest BCUT2D eigenvalue weighted by Crippen LogP contribution is -2.51. The third-order valence-corrected chi connectivity index (χ3v) is 6.28. The van der Waals surface area contributed by atoms with E-state index in [1.54, 1.807) is 12.3 Å². The Kier molecular flexibility index (Phi) is 5.02. The molecule has 0 aliphatic carbocycles. The maximum atomic E-state index is 12.7. The summed E-state index contributed by atoms with van der Waals surface area (Å²) < 4.78 is 0. The van der Waals surface area contributed by atoms with Crippen LogP contribution in [-0.2, 0) is 17.6 Å². The number of aryl methyl sites for hydroxylation is 1. The number of H-pyrrole nitrogens is 1. The second-order valence-electron chi connectivity index (χ2n) is 6.83. The minimum atomic E-state index is 0.00860. The number of carbonyl (C=O) groups is 2. The van der Waals surface area contributed by atoms with Crippen LogP contribution in [0.1, 0.15) is 28.0 Å². The molecule has 1 fully saturated rings.